The largest absolute Gasteiger partial charge is 0.481 e. The standard InChI is InChI=1S/C13H21N3O2S/c1-16-13(19-9-11(17)18)14-12(15-16)10-7-5-3-2-4-6-8-10/h10H,2-9H2,1H3,(H,17,18). The van der Waals surface area contributed by atoms with Crippen LogP contribution in [0.15, 0.2) is 5.16 Å². The van der Waals surface area contributed by atoms with E-state index in [0.717, 1.165) is 18.7 Å². The first kappa shape index (κ1) is 14.4. The third-order valence-electron chi connectivity index (χ3n) is 3.53. The van der Waals surface area contributed by atoms with Crippen molar-refractivity contribution in [1.82, 2.24) is 14.8 Å². The minimum atomic E-state index is -0.819. The first-order chi connectivity index (χ1) is 9.16. The van der Waals surface area contributed by atoms with E-state index in [1.807, 2.05) is 7.05 Å². The van der Waals surface area contributed by atoms with E-state index in [1.165, 1.54) is 43.9 Å². The van der Waals surface area contributed by atoms with Crippen molar-refractivity contribution < 1.29 is 9.90 Å². The molecule has 2 rings (SSSR count). The van der Waals surface area contributed by atoms with Crippen LogP contribution in [0.25, 0.3) is 0 Å². The van der Waals surface area contributed by atoms with Crippen LogP contribution in [0.3, 0.4) is 0 Å². The summed E-state index contributed by atoms with van der Waals surface area (Å²) in [4.78, 5) is 15.1. The summed E-state index contributed by atoms with van der Waals surface area (Å²) in [7, 11) is 1.84. The number of nitrogens with zero attached hydrogens (tertiary/aromatic N) is 3. The third kappa shape index (κ3) is 4.23. The van der Waals surface area contributed by atoms with Gasteiger partial charge in [-0.05, 0) is 12.8 Å². The van der Waals surface area contributed by atoms with Crippen molar-refractivity contribution in [2.45, 2.75) is 56.0 Å². The van der Waals surface area contributed by atoms with E-state index >= 15 is 0 Å². The Hall–Kier alpha value is -1.04. The van der Waals surface area contributed by atoms with Crippen LogP contribution in [0.1, 0.15) is 56.7 Å². The predicted molar refractivity (Wildman–Crippen MR) is 74.4 cm³/mol. The summed E-state index contributed by atoms with van der Waals surface area (Å²) in [5.41, 5.74) is 0. The van der Waals surface area contributed by atoms with Crippen LogP contribution in [-0.4, -0.2) is 31.6 Å². The zero-order valence-corrected chi connectivity index (χ0v) is 12.2. The molecule has 1 fully saturated rings. The van der Waals surface area contributed by atoms with Crippen molar-refractivity contribution in [2.24, 2.45) is 7.05 Å². The lowest BCUT2D eigenvalue weighted by atomic mass is 9.91. The van der Waals surface area contributed by atoms with Gasteiger partial charge in [-0.1, -0.05) is 43.9 Å². The normalized spacial score (nSPS) is 17.9. The highest BCUT2D eigenvalue weighted by Crippen LogP contribution is 2.30. The lowest BCUT2D eigenvalue weighted by Gasteiger charge is -2.16. The lowest BCUT2D eigenvalue weighted by Crippen LogP contribution is -2.05. The number of rotatable bonds is 4. The second-order valence-electron chi connectivity index (χ2n) is 5.10. The molecule has 1 aliphatic carbocycles. The van der Waals surface area contributed by atoms with Gasteiger partial charge >= 0.3 is 5.97 Å². The molecule has 1 aromatic rings. The van der Waals surface area contributed by atoms with Crippen LogP contribution in [-0.2, 0) is 11.8 Å². The molecule has 0 aromatic carbocycles. The highest BCUT2D eigenvalue weighted by molar-refractivity contribution is 7.99. The molecule has 0 bridgehead atoms. The quantitative estimate of drug-likeness (QED) is 0.861. The number of carbonyl (C=O) groups is 1. The highest BCUT2D eigenvalue weighted by atomic mass is 32.2. The van der Waals surface area contributed by atoms with E-state index < -0.39 is 5.97 Å². The fourth-order valence-corrected chi connectivity index (χ4v) is 3.17. The molecular weight excluding hydrogens is 262 g/mol. The van der Waals surface area contributed by atoms with E-state index in [4.69, 9.17) is 5.11 Å². The van der Waals surface area contributed by atoms with Crippen molar-refractivity contribution in [3.05, 3.63) is 5.82 Å². The zero-order valence-electron chi connectivity index (χ0n) is 11.3. The van der Waals surface area contributed by atoms with Gasteiger partial charge in [-0.2, -0.15) is 5.10 Å². The maximum atomic E-state index is 10.6. The van der Waals surface area contributed by atoms with Crippen molar-refractivity contribution in [3.63, 3.8) is 0 Å². The van der Waals surface area contributed by atoms with Gasteiger partial charge in [0.1, 0.15) is 0 Å². The molecule has 1 N–H and O–H groups in total. The molecule has 0 unspecified atom stereocenters. The molecule has 0 aliphatic heterocycles. The number of aryl methyl sites for hydroxylation is 1. The van der Waals surface area contributed by atoms with Crippen molar-refractivity contribution in [2.75, 3.05) is 5.75 Å². The van der Waals surface area contributed by atoms with Crippen LogP contribution < -0.4 is 0 Å². The highest BCUT2D eigenvalue weighted by Gasteiger charge is 2.19. The molecule has 5 nitrogen and oxygen atoms in total. The van der Waals surface area contributed by atoms with Crippen LogP contribution in [0.5, 0.6) is 0 Å². The van der Waals surface area contributed by atoms with Crippen LogP contribution in [0.2, 0.25) is 0 Å². The maximum absolute atomic E-state index is 10.6. The van der Waals surface area contributed by atoms with Gasteiger partial charge in [0, 0.05) is 13.0 Å². The van der Waals surface area contributed by atoms with Crippen molar-refractivity contribution >= 4 is 17.7 Å². The SMILES string of the molecule is Cn1nc(C2CCCCCCC2)nc1SCC(=O)O. The van der Waals surface area contributed by atoms with Crippen LogP contribution >= 0.6 is 11.8 Å². The number of aliphatic carboxylic acids is 1. The Labute approximate surface area is 117 Å². The van der Waals surface area contributed by atoms with E-state index in [9.17, 15) is 4.79 Å². The Morgan fingerprint density at radius 3 is 2.58 bits per heavy atom. The molecule has 106 valence electrons. The molecule has 0 atom stereocenters. The summed E-state index contributed by atoms with van der Waals surface area (Å²) in [6.07, 6.45) is 8.79. The van der Waals surface area contributed by atoms with Crippen LogP contribution in [0.4, 0.5) is 0 Å². The first-order valence-corrected chi connectivity index (χ1v) is 7.91. The van der Waals surface area contributed by atoms with E-state index in [1.54, 1.807) is 4.68 Å². The fourth-order valence-electron chi connectivity index (χ4n) is 2.53. The molecule has 1 heterocycles. The van der Waals surface area contributed by atoms with Crippen molar-refractivity contribution in [1.29, 1.82) is 0 Å². The Morgan fingerprint density at radius 2 is 1.95 bits per heavy atom. The van der Waals surface area contributed by atoms with Crippen LogP contribution in [0, 0.1) is 0 Å². The molecule has 0 saturated heterocycles. The first-order valence-electron chi connectivity index (χ1n) is 6.92. The van der Waals surface area contributed by atoms with Gasteiger partial charge in [0.05, 0.1) is 5.75 Å². The second kappa shape index (κ2) is 6.93. The molecule has 1 aromatic heterocycles. The lowest BCUT2D eigenvalue weighted by molar-refractivity contribution is -0.133. The summed E-state index contributed by atoms with van der Waals surface area (Å²) >= 11 is 1.24. The van der Waals surface area contributed by atoms with Gasteiger partial charge in [0.2, 0.25) is 0 Å². The molecule has 0 radical (unpaired) electrons. The Bertz CT molecular complexity index is 426. The molecule has 6 heteroatoms. The minimum Gasteiger partial charge on any atom is -0.481 e. The summed E-state index contributed by atoms with van der Waals surface area (Å²) in [5.74, 6) is 0.569. The van der Waals surface area contributed by atoms with Crippen molar-refractivity contribution in [3.8, 4) is 0 Å². The average Bonchev–Trinajstić information content (AvgIpc) is 2.67. The summed E-state index contributed by atoms with van der Waals surface area (Å²) in [6, 6.07) is 0. The third-order valence-corrected chi connectivity index (χ3v) is 4.54. The molecule has 1 aliphatic rings. The number of thioether (sulfide) groups is 1. The van der Waals surface area contributed by atoms with E-state index in [-0.39, 0.29) is 5.75 Å². The molecule has 0 spiro atoms. The van der Waals surface area contributed by atoms with Gasteiger partial charge in [0.15, 0.2) is 11.0 Å². The Kier molecular flexibility index (Phi) is 5.24. The smallest absolute Gasteiger partial charge is 0.313 e. The second-order valence-corrected chi connectivity index (χ2v) is 6.04. The summed E-state index contributed by atoms with van der Waals surface area (Å²) < 4.78 is 1.71. The molecule has 0 amide bonds. The van der Waals surface area contributed by atoms with E-state index in [2.05, 4.69) is 10.1 Å². The predicted octanol–water partition coefficient (Wildman–Crippen LogP) is 2.82. The summed E-state index contributed by atoms with van der Waals surface area (Å²) in [6.45, 7) is 0. The van der Waals surface area contributed by atoms with Gasteiger partial charge in [0.25, 0.3) is 0 Å². The van der Waals surface area contributed by atoms with Gasteiger partial charge in [-0.15, -0.1) is 0 Å². The molecular formula is C13H21N3O2S. The average molecular weight is 283 g/mol. The topological polar surface area (TPSA) is 68.0 Å². The zero-order chi connectivity index (χ0) is 13.7. The fraction of sp³-hybridized carbons (Fsp3) is 0.769. The van der Waals surface area contributed by atoms with E-state index in [0.29, 0.717) is 11.1 Å². The number of hydrogen-bond donors (Lipinski definition) is 1. The summed E-state index contributed by atoms with van der Waals surface area (Å²) in [5, 5.41) is 13.9. The number of carboxylic acids is 1. The monoisotopic (exact) mass is 283 g/mol. The maximum Gasteiger partial charge on any atom is 0.313 e. The number of hydrogen-bond acceptors (Lipinski definition) is 4. The van der Waals surface area contributed by atoms with Gasteiger partial charge in [-0.25, -0.2) is 9.67 Å². The Morgan fingerprint density at radius 1 is 1.32 bits per heavy atom. The number of carboxylic acid groups (broad SMARTS) is 1. The van der Waals surface area contributed by atoms with Gasteiger partial charge < -0.3 is 5.11 Å². The minimum absolute atomic E-state index is 0.0383. The molecule has 1 saturated carbocycles. The number of aromatic nitrogens is 3. The Balaban J connectivity index is 2.02. The van der Waals surface area contributed by atoms with Gasteiger partial charge in [-0.3, -0.25) is 4.79 Å². The molecule has 19 heavy (non-hydrogen) atoms.